The van der Waals surface area contributed by atoms with Crippen LogP contribution in [-0.4, -0.2) is 73.3 Å². The van der Waals surface area contributed by atoms with Crippen LogP contribution in [0.3, 0.4) is 0 Å². The number of amides is 1. The average molecular weight is 333 g/mol. The first kappa shape index (κ1) is 17.1. The smallest absolute Gasteiger partial charge is 0.271 e. The summed E-state index contributed by atoms with van der Waals surface area (Å²) in [6, 6.07) is 0. The lowest BCUT2D eigenvalue weighted by atomic mass is 10.2. The molecule has 2 aliphatic rings. The van der Waals surface area contributed by atoms with Crippen LogP contribution in [0.5, 0.6) is 0 Å². The Kier molecular flexibility index (Phi) is 6.37. The maximum atomic E-state index is 12.2. The molecule has 0 radical (unpaired) electrons. The zero-order chi connectivity index (χ0) is 16.6. The number of carbonyl (C=O) groups excluding carboxylic acids is 1. The van der Waals surface area contributed by atoms with E-state index < -0.39 is 0 Å². The molecule has 2 saturated heterocycles. The van der Waals surface area contributed by atoms with Crippen LogP contribution >= 0.6 is 0 Å². The minimum absolute atomic E-state index is 0.154. The molecule has 7 nitrogen and oxygen atoms in total. The number of hydrogen-bond acceptors (Lipinski definition) is 6. The Bertz CT molecular complexity index is 508. The summed E-state index contributed by atoms with van der Waals surface area (Å²) >= 11 is 0. The number of ether oxygens (including phenoxy) is 1. The first-order valence-corrected chi connectivity index (χ1v) is 8.98. The van der Waals surface area contributed by atoms with E-state index in [1.54, 1.807) is 12.4 Å². The second-order valence-corrected chi connectivity index (χ2v) is 6.37. The average Bonchev–Trinajstić information content (AvgIpc) is 2.92. The van der Waals surface area contributed by atoms with Gasteiger partial charge in [-0.25, -0.2) is 9.97 Å². The number of nitrogens with one attached hydrogen (secondary N) is 1. The zero-order valence-corrected chi connectivity index (χ0v) is 14.2. The van der Waals surface area contributed by atoms with E-state index in [4.69, 9.17) is 4.74 Å². The molecule has 0 unspecified atom stereocenters. The van der Waals surface area contributed by atoms with Crippen LogP contribution < -0.4 is 10.2 Å². The lowest BCUT2D eigenvalue weighted by Crippen LogP contribution is -2.41. The molecular weight excluding hydrogens is 306 g/mol. The third-order valence-corrected chi connectivity index (χ3v) is 4.62. The normalized spacial score (nSPS) is 19.8. The van der Waals surface area contributed by atoms with E-state index in [2.05, 4.69) is 25.1 Å². The van der Waals surface area contributed by atoms with Gasteiger partial charge in [-0.15, -0.1) is 0 Å². The number of carbonyl (C=O) groups is 1. The van der Waals surface area contributed by atoms with Crippen LogP contribution in [0.2, 0.25) is 0 Å². The van der Waals surface area contributed by atoms with Gasteiger partial charge >= 0.3 is 0 Å². The molecule has 0 saturated carbocycles. The Morgan fingerprint density at radius 1 is 1.04 bits per heavy atom. The summed E-state index contributed by atoms with van der Waals surface area (Å²) < 4.78 is 5.31. The third-order valence-electron chi connectivity index (χ3n) is 4.62. The van der Waals surface area contributed by atoms with E-state index in [0.29, 0.717) is 12.2 Å². The summed E-state index contributed by atoms with van der Waals surface area (Å²) in [5, 5.41) is 2.92. The van der Waals surface area contributed by atoms with Gasteiger partial charge < -0.3 is 15.0 Å². The fraction of sp³-hybridized carbons (Fsp3) is 0.706. The highest BCUT2D eigenvalue weighted by Crippen LogP contribution is 2.16. The van der Waals surface area contributed by atoms with E-state index in [-0.39, 0.29) is 5.91 Å². The summed E-state index contributed by atoms with van der Waals surface area (Å²) in [5.74, 6) is 0.722. The molecule has 132 valence electrons. The van der Waals surface area contributed by atoms with E-state index in [1.807, 2.05) is 0 Å². The van der Waals surface area contributed by atoms with Crippen molar-refractivity contribution in [3.63, 3.8) is 0 Å². The second-order valence-electron chi connectivity index (χ2n) is 6.37. The highest BCUT2D eigenvalue weighted by Gasteiger charge is 2.14. The maximum Gasteiger partial charge on any atom is 0.271 e. The van der Waals surface area contributed by atoms with Crippen LogP contribution in [0.4, 0.5) is 5.82 Å². The molecule has 0 aliphatic carbocycles. The predicted octanol–water partition coefficient (Wildman–Crippen LogP) is 0.919. The maximum absolute atomic E-state index is 12.2. The van der Waals surface area contributed by atoms with Crippen molar-refractivity contribution in [2.45, 2.75) is 25.7 Å². The monoisotopic (exact) mass is 333 g/mol. The van der Waals surface area contributed by atoms with Gasteiger partial charge in [0.1, 0.15) is 11.5 Å². The van der Waals surface area contributed by atoms with Gasteiger partial charge in [0, 0.05) is 39.3 Å². The van der Waals surface area contributed by atoms with Gasteiger partial charge in [0.05, 0.1) is 25.6 Å². The molecule has 3 heterocycles. The van der Waals surface area contributed by atoms with Crippen molar-refractivity contribution < 1.29 is 9.53 Å². The molecule has 0 bridgehead atoms. The van der Waals surface area contributed by atoms with Gasteiger partial charge in [-0.1, -0.05) is 12.8 Å². The lowest BCUT2D eigenvalue weighted by Gasteiger charge is -2.26. The summed E-state index contributed by atoms with van der Waals surface area (Å²) in [4.78, 5) is 25.5. The van der Waals surface area contributed by atoms with Gasteiger partial charge in [0.25, 0.3) is 5.91 Å². The molecule has 1 aromatic heterocycles. The first-order chi connectivity index (χ1) is 11.8. The second kappa shape index (κ2) is 8.94. The van der Waals surface area contributed by atoms with Crippen LogP contribution in [0.25, 0.3) is 0 Å². The predicted molar refractivity (Wildman–Crippen MR) is 92.3 cm³/mol. The fourth-order valence-electron chi connectivity index (χ4n) is 3.14. The Labute approximate surface area is 143 Å². The van der Waals surface area contributed by atoms with Crippen LogP contribution in [-0.2, 0) is 4.74 Å². The number of nitrogens with zero attached hydrogens (tertiary/aromatic N) is 4. The van der Waals surface area contributed by atoms with Crippen molar-refractivity contribution in [2.24, 2.45) is 0 Å². The van der Waals surface area contributed by atoms with Crippen LogP contribution in [0.1, 0.15) is 36.2 Å². The van der Waals surface area contributed by atoms with Gasteiger partial charge in [-0.2, -0.15) is 0 Å². The number of anilines is 1. The largest absolute Gasteiger partial charge is 0.379 e. The van der Waals surface area contributed by atoms with Crippen molar-refractivity contribution in [1.82, 2.24) is 20.2 Å². The standard InChI is InChI=1S/C17H27N5O2/c23-17(18-5-8-21-9-11-24-12-10-21)15-13-20-16(14-19-15)22-6-3-1-2-4-7-22/h13-14H,1-12H2,(H,18,23). The topological polar surface area (TPSA) is 70.6 Å². The molecule has 2 fully saturated rings. The molecule has 24 heavy (non-hydrogen) atoms. The molecule has 1 amide bonds. The first-order valence-electron chi connectivity index (χ1n) is 8.98. The molecule has 1 aromatic rings. The van der Waals surface area contributed by atoms with Gasteiger partial charge in [-0.3, -0.25) is 9.69 Å². The molecular formula is C17H27N5O2. The van der Waals surface area contributed by atoms with E-state index >= 15 is 0 Å². The quantitative estimate of drug-likeness (QED) is 0.864. The van der Waals surface area contributed by atoms with Crippen molar-refractivity contribution in [3.05, 3.63) is 18.1 Å². The van der Waals surface area contributed by atoms with E-state index in [0.717, 1.165) is 51.8 Å². The lowest BCUT2D eigenvalue weighted by molar-refractivity contribution is 0.0383. The van der Waals surface area contributed by atoms with Gasteiger partial charge in [0.15, 0.2) is 0 Å². The third kappa shape index (κ3) is 4.88. The van der Waals surface area contributed by atoms with E-state index in [9.17, 15) is 4.79 Å². The SMILES string of the molecule is O=C(NCCN1CCOCC1)c1cnc(N2CCCCCC2)cn1. The fourth-order valence-corrected chi connectivity index (χ4v) is 3.14. The molecule has 3 rings (SSSR count). The highest BCUT2D eigenvalue weighted by molar-refractivity contribution is 5.91. The van der Waals surface area contributed by atoms with Gasteiger partial charge in [-0.05, 0) is 12.8 Å². The Morgan fingerprint density at radius 2 is 1.79 bits per heavy atom. The Balaban J connectivity index is 1.46. The molecule has 7 heteroatoms. The summed E-state index contributed by atoms with van der Waals surface area (Å²) in [6.45, 7) is 6.93. The number of morpholine rings is 1. The highest BCUT2D eigenvalue weighted by atomic mass is 16.5. The summed E-state index contributed by atoms with van der Waals surface area (Å²) in [6.07, 6.45) is 8.28. The molecule has 0 spiro atoms. The van der Waals surface area contributed by atoms with Crippen LogP contribution in [0.15, 0.2) is 12.4 Å². The van der Waals surface area contributed by atoms with Crippen molar-refractivity contribution in [1.29, 1.82) is 0 Å². The minimum Gasteiger partial charge on any atom is -0.379 e. The molecule has 0 atom stereocenters. The number of rotatable bonds is 5. The van der Waals surface area contributed by atoms with Crippen LogP contribution in [0, 0.1) is 0 Å². The van der Waals surface area contributed by atoms with Crippen molar-refractivity contribution in [2.75, 3.05) is 57.4 Å². The summed E-state index contributed by atoms with van der Waals surface area (Å²) in [5.41, 5.74) is 0.385. The molecule has 0 aromatic carbocycles. The molecule has 1 N–H and O–H groups in total. The number of aromatic nitrogens is 2. The van der Waals surface area contributed by atoms with Gasteiger partial charge in [0.2, 0.25) is 0 Å². The molecule has 2 aliphatic heterocycles. The van der Waals surface area contributed by atoms with E-state index in [1.165, 1.54) is 25.7 Å². The van der Waals surface area contributed by atoms with Crippen molar-refractivity contribution in [3.8, 4) is 0 Å². The zero-order valence-electron chi connectivity index (χ0n) is 14.2. The Hall–Kier alpha value is -1.73. The minimum atomic E-state index is -0.154. The summed E-state index contributed by atoms with van der Waals surface area (Å²) in [7, 11) is 0. The Morgan fingerprint density at radius 3 is 2.46 bits per heavy atom. The number of hydrogen-bond donors (Lipinski definition) is 1. The van der Waals surface area contributed by atoms with Crippen molar-refractivity contribution >= 4 is 11.7 Å².